The smallest absolute Gasteiger partial charge is 0.260 e. The molecular formula is C23H28N2O4. The predicted octanol–water partition coefficient (Wildman–Crippen LogP) is 3.73. The molecule has 154 valence electrons. The van der Waals surface area contributed by atoms with Gasteiger partial charge in [0.1, 0.15) is 11.5 Å². The summed E-state index contributed by atoms with van der Waals surface area (Å²) in [6.45, 7) is 5.03. The monoisotopic (exact) mass is 396 g/mol. The molecule has 0 aliphatic carbocycles. The molecule has 3 rings (SSSR count). The molecule has 2 aromatic rings. The van der Waals surface area contributed by atoms with Crippen LogP contribution in [0.3, 0.4) is 0 Å². The third-order valence-electron chi connectivity index (χ3n) is 4.83. The lowest BCUT2D eigenvalue weighted by Crippen LogP contribution is -2.43. The summed E-state index contributed by atoms with van der Waals surface area (Å²) in [6, 6.07) is 16.7. The quantitative estimate of drug-likeness (QED) is 0.774. The van der Waals surface area contributed by atoms with Gasteiger partial charge in [-0.2, -0.15) is 0 Å². The van der Waals surface area contributed by atoms with Gasteiger partial charge in [0.2, 0.25) is 5.91 Å². The van der Waals surface area contributed by atoms with Crippen molar-refractivity contribution in [2.24, 2.45) is 5.92 Å². The van der Waals surface area contributed by atoms with Gasteiger partial charge in [-0.15, -0.1) is 0 Å². The maximum atomic E-state index is 12.7. The Hall–Kier alpha value is -3.02. The number of carbonyl (C=O) groups is 2. The molecule has 2 amide bonds. The van der Waals surface area contributed by atoms with Gasteiger partial charge in [-0.25, -0.2) is 0 Å². The molecule has 0 spiro atoms. The van der Waals surface area contributed by atoms with E-state index < -0.39 is 0 Å². The molecule has 0 atom stereocenters. The molecular weight excluding hydrogens is 368 g/mol. The summed E-state index contributed by atoms with van der Waals surface area (Å²) in [5.41, 5.74) is 0.681. The van der Waals surface area contributed by atoms with Crippen LogP contribution in [-0.4, -0.2) is 42.5 Å². The average Bonchev–Trinajstić information content (AvgIpc) is 2.74. The summed E-state index contributed by atoms with van der Waals surface area (Å²) in [6.07, 6.45) is 1.30. The molecule has 1 N–H and O–H groups in total. The maximum Gasteiger partial charge on any atom is 0.260 e. The highest BCUT2D eigenvalue weighted by atomic mass is 16.5. The molecule has 6 heteroatoms. The van der Waals surface area contributed by atoms with Crippen LogP contribution in [0.25, 0.3) is 0 Å². The number of piperidine rings is 1. The second-order valence-electron chi connectivity index (χ2n) is 7.41. The molecule has 0 aromatic heterocycles. The number of nitrogens with one attached hydrogen (secondary N) is 1. The summed E-state index contributed by atoms with van der Waals surface area (Å²) >= 11 is 0. The first-order chi connectivity index (χ1) is 14.0. The second-order valence-corrected chi connectivity index (χ2v) is 7.41. The van der Waals surface area contributed by atoms with Crippen LogP contribution in [0.1, 0.15) is 26.7 Å². The highest BCUT2D eigenvalue weighted by Crippen LogP contribution is 2.27. The first-order valence-corrected chi connectivity index (χ1v) is 10.0. The van der Waals surface area contributed by atoms with Crippen molar-refractivity contribution in [2.45, 2.75) is 32.8 Å². The number of rotatable bonds is 7. The number of amides is 2. The topological polar surface area (TPSA) is 67.9 Å². The number of likely N-dealkylation sites (tertiary alicyclic amines) is 1. The van der Waals surface area contributed by atoms with Crippen LogP contribution in [0.2, 0.25) is 0 Å². The molecule has 0 radical (unpaired) electrons. The lowest BCUT2D eigenvalue weighted by molar-refractivity contribution is -0.136. The number of anilines is 1. The van der Waals surface area contributed by atoms with Crippen molar-refractivity contribution in [1.29, 1.82) is 0 Å². The van der Waals surface area contributed by atoms with Crippen molar-refractivity contribution in [1.82, 2.24) is 4.90 Å². The molecule has 1 saturated heterocycles. The summed E-state index contributed by atoms with van der Waals surface area (Å²) in [5.74, 6) is 1.14. The van der Waals surface area contributed by atoms with E-state index in [2.05, 4.69) is 5.32 Å². The first kappa shape index (κ1) is 20.7. The fraction of sp³-hybridized carbons (Fsp3) is 0.391. The minimum atomic E-state index is -0.124. The van der Waals surface area contributed by atoms with Gasteiger partial charge in [0.15, 0.2) is 6.61 Å². The zero-order valence-corrected chi connectivity index (χ0v) is 17.0. The van der Waals surface area contributed by atoms with Crippen LogP contribution in [0.15, 0.2) is 54.6 Å². The number of hydrogen-bond acceptors (Lipinski definition) is 4. The van der Waals surface area contributed by atoms with Crippen molar-refractivity contribution in [2.75, 3.05) is 25.0 Å². The van der Waals surface area contributed by atoms with Gasteiger partial charge in [0, 0.05) is 19.0 Å². The molecule has 1 fully saturated rings. The number of nitrogens with zero attached hydrogens (tertiary/aromatic N) is 1. The number of hydrogen-bond donors (Lipinski definition) is 1. The van der Waals surface area contributed by atoms with Crippen molar-refractivity contribution in [3.63, 3.8) is 0 Å². The Morgan fingerprint density at radius 1 is 1.03 bits per heavy atom. The van der Waals surface area contributed by atoms with E-state index in [-0.39, 0.29) is 30.4 Å². The summed E-state index contributed by atoms with van der Waals surface area (Å²) < 4.78 is 11.3. The average molecular weight is 396 g/mol. The van der Waals surface area contributed by atoms with Gasteiger partial charge in [-0.3, -0.25) is 9.59 Å². The predicted molar refractivity (Wildman–Crippen MR) is 112 cm³/mol. The van der Waals surface area contributed by atoms with E-state index in [1.54, 1.807) is 4.90 Å². The van der Waals surface area contributed by atoms with E-state index in [0.29, 0.717) is 43.1 Å². The molecule has 1 aliphatic rings. The number of ether oxygens (including phenoxy) is 2. The van der Waals surface area contributed by atoms with Gasteiger partial charge in [-0.05, 0) is 51.0 Å². The van der Waals surface area contributed by atoms with Crippen molar-refractivity contribution < 1.29 is 19.1 Å². The zero-order valence-electron chi connectivity index (χ0n) is 17.0. The Kier molecular flexibility index (Phi) is 7.11. The van der Waals surface area contributed by atoms with Crippen molar-refractivity contribution >= 4 is 17.5 Å². The molecule has 0 saturated carbocycles. The largest absolute Gasteiger partial charge is 0.489 e. The van der Waals surface area contributed by atoms with E-state index >= 15 is 0 Å². The maximum absolute atomic E-state index is 12.7. The molecule has 29 heavy (non-hydrogen) atoms. The Bertz CT molecular complexity index is 815. The normalized spacial score (nSPS) is 14.5. The summed E-state index contributed by atoms with van der Waals surface area (Å²) in [7, 11) is 0. The fourth-order valence-corrected chi connectivity index (χ4v) is 3.31. The number of para-hydroxylation sites is 3. The van der Waals surface area contributed by atoms with Crippen LogP contribution in [0.4, 0.5) is 5.69 Å². The standard InChI is InChI=1S/C23H28N2O4/c1-17(2)29-21-11-7-6-10-20(21)24-23(27)18-12-14-25(15-13-18)22(26)16-28-19-8-4-3-5-9-19/h3-11,17-18H,12-16H2,1-2H3,(H,24,27). The molecule has 6 nitrogen and oxygen atoms in total. The third kappa shape index (κ3) is 5.98. The number of carbonyl (C=O) groups excluding carboxylic acids is 2. The Labute approximate surface area is 171 Å². The Morgan fingerprint density at radius 3 is 2.38 bits per heavy atom. The van der Waals surface area contributed by atoms with Gasteiger partial charge >= 0.3 is 0 Å². The van der Waals surface area contributed by atoms with Crippen molar-refractivity contribution in [3.05, 3.63) is 54.6 Å². The Morgan fingerprint density at radius 2 is 1.69 bits per heavy atom. The van der Waals surface area contributed by atoms with Crippen LogP contribution < -0.4 is 14.8 Å². The lowest BCUT2D eigenvalue weighted by Gasteiger charge is -2.31. The van der Waals surface area contributed by atoms with Crippen LogP contribution in [0, 0.1) is 5.92 Å². The first-order valence-electron chi connectivity index (χ1n) is 10.0. The van der Waals surface area contributed by atoms with Gasteiger partial charge in [-0.1, -0.05) is 30.3 Å². The van der Waals surface area contributed by atoms with E-state index in [4.69, 9.17) is 9.47 Å². The Balaban J connectivity index is 1.48. The van der Waals surface area contributed by atoms with Crippen molar-refractivity contribution in [3.8, 4) is 11.5 Å². The number of benzene rings is 2. The molecule has 0 bridgehead atoms. The second kappa shape index (κ2) is 9.96. The summed E-state index contributed by atoms with van der Waals surface area (Å²) in [5, 5.41) is 2.98. The minimum Gasteiger partial charge on any atom is -0.489 e. The van der Waals surface area contributed by atoms with E-state index in [0.717, 1.165) is 0 Å². The third-order valence-corrected chi connectivity index (χ3v) is 4.83. The van der Waals surface area contributed by atoms with Crippen LogP contribution >= 0.6 is 0 Å². The molecule has 1 heterocycles. The van der Waals surface area contributed by atoms with Crippen LogP contribution in [0.5, 0.6) is 11.5 Å². The van der Waals surface area contributed by atoms with E-state index in [1.807, 2.05) is 68.4 Å². The molecule has 2 aromatic carbocycles. The van der Waals surface area contributed by atoms with Crippen LogP contribution in [-0.2, 0) is 9.59 Å². The highest BCUT2D eigenvalue weighted by Gasteiger charge is 2.28. The fourth-order valence-electron chi connectivity index (χ4n) is 3.31. The van der Waals surface area contributed by atoms with E-state index in [9.17, 15) is 9.59 Å². The molecule has 1 aliphatic heterocycles. The molecule has 0 unspecified atom stereocenters. The van der Waals surface area contributed by atoms with Gasteiger partial charge in [0.05, 0.1) is 11.8 Å². The van der Waals surface area contributed by atoms with Gasteiger partial charge in [0.25, 0.3) is 5.91 Å². The lowest BCUT2D eigenvalue weighted by atomic mass is 9.95. The van der Waals surface area contributed by atoms with E-state index in [1.165, 1.54) is 0 Å². The zero-order chi connectivity index (χ0) is 20.6. The highest BCUT2D eigenvalue weighted by molar-refractivity contribution is 5.94. The summed E-state index contributed by atoms with van der Waals surface area (Å²) in [4.78, 5) is 26.8. The van der Waals surface area contributed by atoms with Gasteiger partial charge < -0.3 is 19.7 Å². The SMILES string of the molecule is CC(C)Oc1ccccc1NC(=O)C1CCN(C(=O)COc2ccccc2)CC1. The minimum absolute atomic E-state index is 0.0147.